The number of aliphatic hydroxyl groups is 1. The molecule has 1 saturated heterocycles. The minimum Gasteiger partial charge on any atom is -0.386 e. The van der Waals surface area contributed by atoms with Crippen LogP contribution in [0, 0.1) is 0 Å². The van der Waals surface area contributed by atoms with Crippen LogP contribution in [0.1, 0.15) is 44.8 Å². The number of aromatic nitrogens is 1. The minimum atomic E-state index is -0.733. The highest BCUT2D eigenvalue weighted by molar-refractivity contribution is 7.09. The molecule has 1 aliphatic rings. The van der Waals surface area contributed by atoms with Crippen LogP contribution < -0.4 is 5.32 Å². The van der Waals surface area contributed by atoms with Crippen LogP contribution in [0.15, 0.2) is 5.38 Å². The molecule has 0 aliphatic carbocycles. The summed E-state index contributed by atoms with van der Waals surface area (Å²) in [5.41, 5.74) is 0.419. The molecule has 5 heteroatoms. The van der Waals surface area contributed by atoms with E-state index >= 15 is 0 Å². The van der Waals surface area contributed by atoms with Crippen molar-refractivity contribution in [1.82, 2.24) is 10.3 Å². The summed E-state index contributed by atoms with van der Waals surface area (Å²) in [4.78, 5) is 4.63. The second-order valence-corrected chi connectivity index (χ2v) is 7.22. The topological polar surface area (TPSA) is 54.4 Å². The number of nitrogens with one attached hydrogen (secondary N) is 1. The second-order valence-electron chi connectivity index (χ2n) is 6.36. The molecular formula is C14H24N2O2S. The maximum Gasteiger partial charge on any atom is 0.105 e. The Morgan fingerprint density at radius 2 is 2.32 bits per heavy atom. The summed E-state index contributed by atoms with van der Waals surface area (Å²) in [5, 5.41) is 16.9. The first-order chi connectivity index (χ1) is 8.81. The van der Waals surface area contributed by atoms with Gasteiger partial charge in [0.25, 0.3) is 0 Å². The fourth-order valence-corrected chi connectivity index (χ4v) is 3.05. The number of thiazole rings is 1. The number of ether oxygens (including phenoxy) is 1. The van der Waals surface area contributed by atoms with Crippen LogP contribution in [0.2, 0.25) is 0 Å². The molecule has 1 aliphatic heterocycles. The number of hydrogen-bond donors (Lipinski definition) is 2. The van der Waals surface area contributed by atoms with Crippen LogP contribution in [0.4, 0.5) is 0 Å². The molecule has 1 aromatic heterocycles. The summed E-state index contributed by atoms with van der Waals surface area (Å²) in [6.45, 7) is 10.3. The fourth-order valence-electron chi connectivity index (χ4n) is 2.14. The third-order valence-electron chi connectivity index (χ3n) is 3.59. The van der Waals surface area contributed by atoms with Crippen molar-refractivity contribution in [2.45, 2.75) is 57.8 Å². The van der Waals surface area contributed by atoms with E-state index in [2.05, 4.69) is 36.5 Å². The first kappa shape index (κ1) is 14.9. The van der Waals surface area contributed by atoms with Gasteiger partial charge in [0.05, 0.1) is 16.8 Å². The van der Waals surface area contributed by atoms with Gasteiger partial charge in [-0.3, -0.25) is 0 Å². The monoisotopic (exact) mass is 284 g/mol. The third kappa shape index (κ3) is 3.54. The highest BCUT2D eigenvalue weighted by Crippen LogP contribution is 2.26. The lowest BCUT2D eigenvalue weighted by Gasteiger charge is -2.26. The van der Waals surface area contributed by atoms with Crippen LogP contribution in [0.3, 0.4) is 0 Å². The Kier molecular flexibility index (Phi) is 4.30. The molecule has 1 aromatic rings. The average Bonchev–Trinajstić information content (AvgIpc) is 2.88. The van der Waals surface area contributed by atoms with E-state index in [1.165, 1.54) is 0 Å². The molecule has 0 spiro atoms. The zero-order valence-corrected chi connectivity index (χ0v) is 13.0. The van der Waals surface area contributed by atoms with E-state index in [1.54, 1.807) is 11.3 Å². The molecule has 2 rings (SSSR count). The average molecular weight is 284 g/mol. The van der Waals surface area contributed by atoms with Gasteiger partial charge in [0.1, 0.15) is 5.60 Å². The molecule has 19 heavy (non-hydrogen) atoms. The number of hydrogen-bond acceptors (Lipinski definition) is 5. The standard InChI is InChI=1S/C14H24N2O2S/c1-10-14(17,5-6-18-10)9-15-7-11-8-19-12(16-11)13(2,3)4/h8,10,15,17H,5-7,9H2,1-4H3. The lowest BCUT2D eigenvalue weighted by molar-refractivity contribution is -0.0263. The minimum absolute atomic E-state index is 0.0967. The molecule has 0 saturated carbocycles. The van der Waals surface area contributed by atoms with Crippen molar-refractivity contribution in [2.24, 2.45) is 0 Å². The van der Waals surface area contributed by atoms with Crippen molar-refractivity contribution < 1.29 is 9.84 Å². The van der Waals surface area contributed by atoms with Gasteiger partial charge < -0.3 is 15.2 Å². The van der Waals surface area contributed by atoms with Crippen molar-refractivity contribution in [3.8, 4) is 0 Å². The largest absolute Gasteiger partial charge is 0.386 e. The van der Waals surface area contributed by atoms with E-state index in [1.807, 2.05) is 6.92 Å². The number of rotatable bonds is 4. The van der Waals surface area contributed by atoms with Crippen molar-refractivity contribution in [2.75, 3.05) is 13.2 Å². The predicted octanol–water partition coefficient (Wildman–Crippen LogP) is 2.07. The van der Waals surface area contributed by atoms with Gasteiger partial charge in [-0.15, -0.1) is 11.3 Å². The van der Waals surface area contributed by atoms with Crippen molar-refractivity contribution in [3.05, 3.63) is 16.1 Å². The molecule has 0 aromatic carbocycles. The van der Waals surface area contributed by atoms with E-state index in [0.29, 0.717) is 26.1 Å². The molecule has 0 amide bonds. The maximum absolute atomic E-state index is 10.4. The first-order valence-corrected chi connectivity index (χ1v) is 7.69. The second kappa shape index (κ2) is 5.48. The van der Waals surface area contributed by atoms with Gasteiger partial charge in [-0.2, -0.15) is 0 Å². The van der Waals surface area contributed by atoms with Crippen molar-refractivity contribution in [3.63, 3.8) is 0 Å². The molecule has 2 atom stereocenters. The van der Waals surface area contributed by atoms with Crippen molar-refractivity contribution >= 4 is 11.3 Å². The van der Waals surface area contributed by atoms with Crippen LogP contribution in [-0.4, -0.2) is 34.9 Å². The molecule has 108 valence electrons. The summed E-state index contributed by atoms with van der Waals surface area (Å²) in [7, 11) is 0. The Balaban J connectivity index is 1.85. The molecule has 4 nitrogen and oxygen atoms in total. The Morgan fingerprint density at radius 3 is 2.84 bits per heavy atom. The summed E-state index contributed by atoms with van der Waals surface area (Å²) in [6, 6.07) is 0. The third-order valence-corrected chi connectivity index (χ3v) is 4.91. The summed E-state index contributed by atoms with van der Waals surface area (Å²) in [5.74, 6) is 0. The Hall–Kier alpha value is -0.490. The highest BCUT2D eigenvalue weighted by Gasteiger charge is 2.38. The summed E-state index contributed by atoms with van der Waals surface area (Å²) in [6.07, 6.45) is 0.603. The maximum atomic E-state index is 10.4. The van der Waals surface area contributed by atoms with Crippen LogP contribution in [-0.2, 0) is 16.7 Å². The predicted molar refractivity (Wildman–Crippen MR) is 77.5 cm³/mol. The molecule has 2 heterocycles. The summed E-state index contributed by atoms with van der Waals surface area (Å²) < 4.78 is 5.42. The Labute approximate surface area is 119 Å². The first-order valence-electron chi connectivity index (χ1n) is 6.81. The van der Waals surface area contributed by atoms with Gasteiger partial charge >= 0.3 is 0 Å². The van der Waals surface area contributed by atoms with Gasteiger partial charge in [-0.25, -0.2) is 4.98 Å². The lowest BCUT2D eigenvalue weighted by Crippen LogP contribution is -2.45. The molecule has 0 radical (unpaired) electrons. The zero-order chi connectivity index (χ0) is 14.1. The molecular weight excluding hydrogens is 260 g/mol. The number of nitrogens with zero attached hydrogens (tertiary/aromatic N) is 1. The normalized spacial score (nSPS) is 27.9. The van der Waals surface area contributed by atoms with Gasteiger partial charge in [0.2, 0.25) is 0 Å². The zero-order valence-electron chi connectivity index (χ0n) is 12.2. The Morgan fingerprint density at radius 1 is 1.58 bits per heavy atom. The van der Waals surface area contributed by atoms with Crippen molar-refractivity contribution in [1.29, 1.82) is 0 Å². The van der Waals surface area contributed by atoms with Gasteiger partial charge in [-0.05, 0) is 6.92 Å². The quantitative estimate of drug-likeness (QED) is 0.889. The van der Waals surface area contributed by atoms with E-state index in [9.17, 15) is 5.11 Å². The van der Waals surface area contributed by atoms with E-state index in [0.717, 1.165) is 10.7 Å². The lowest BCUT2D eigenvalue weighted by atomic mass is 9.97. The molecule has 2 unspecified atom stereocenters. The smallest absolute Gasteiger partial charge is 0.105 e. The van der Waals surface area contributed by atoms with E-state index in [-0.39, 0.29) is 11.5 Å². The molecule has 0 bridgehead atoms. The molecule has 2 N–H and O–H groups in total. The van der Waals surface area contributed by atoms with Gasteiger partial charge in [-0.1, -0.05) is 20.8 Å². The van der Waals surface area contributed by atoms with Gasteiger partial charge in [0, 0.05) is 36.9 Å². The Bertz CT molecular complexity index is 427. The SMILES string of the molecule is CC1OCCC1(O)CNCc1csc(C(C)(C)C)n1. The van der Waals surface area contributed by atoms with Crippen LogP contribution >= 0.6 is 11.3 Å². The van der Waals surface area contributed by atoms with Gasteiger partial charge in [0.15, 0.2) is 0 Å². The van der Waals surface area contributed by atoms with E-state index < -0.39 is 5.60 Å². The fraction of sp³-hybridized carbons (Fsp3) is 0.786. The highest BCUT2D eigenvalue weighted by atomic mass is 32.1. The van der Waals surface area contributed by atoms with Crippen LogP contribution in [0.5, 0.6) is 0 Å². The summed E-state index contributed by atoms with van der Waals surface area (Å²) >= 11 is 1.70. The van der Waals surface area contributed by atoms with Crippen LogP contribution in [0.25, 0.3) is 0 Å². The van der Waals surface area contributed by atoms with E-state index in [4.69, 9.17) is 4.74 Å². The molecule has 1 fully saturated rings.